The van der Waals surface area contributed by atoms with Crippen molar-refractivity contribution in [3.63, 3.8) is 0 Å². The molecule has 1 aromatic carbocycles. The number of nitrogens with two attached hydrogens (primary N) is 1. The van der Waals surface area contributed by atoms with Crippen molar-refractivity contribution in [1.82, 2.24) is 0 Å². The lowest BCUT2D eigenvalue weighted by atomic mass is 10.1. The molecule has 2 nitrogen and oxygen atoms in total. The van der Waals surface area contributed by atoms with Gasteiger partial charge in [-0.05, 0) is 30.7 Å². The minimum Gasteiger partial charge on any atom is -0.494 e. The van der Waals surface area contributed by atoms with Gasteiger partial charge in [-0.1, -0.05) is 6.07 Å². The van der Waals surface area contributed by atoms with Crippen LogP contribution in [0.5, 0.6) is 5.75 Å². The Kier molecular flexibility index (Phi) is 2.83. The molecule has 0 atom stereocenters. The van der Waals surface area contributed by atoms with Crippen molar-refractivity contribution in [3.8, 4) is 16.9 Å². The van der Waals surface area contributed by atoms with Crippen molar-refractivity contribution >= 4 is 16.3 Å². The summed E-state index contributed by atoms with van der Waals surface area (Å²) in [6.45, 7) is 1.98. The normalized spacial score (nSPS) is 10.4. The number of ether oxygens (including phenoxy) is 1. The molecule has 84 valence electrons. The molecule has 1 heterocycles. The van der Waals surface area contributed by atoms with Crippen LogP contribution < -0.4 is 10.5 Å². The number of anilines is 1. The zero-order valence-electron chi connectivity index (χ0n) is 9.08. The molecule has 0 saturated heterocycles. The maximum Gasteiger partial charge on any atom is 0.165 e. The van der Waals surface area contributed by atoms with Gasteiger partial charge in [-0.15, -0.1) is 11.3 Å². The van der Waals surface area contributed by atoms with Gasteiger partial charge in [-0.2, -0.15) is 0 Å². The van der Waals surface area contributed by atoms with Gasteiger partial charge in [0.25, 0.3) is 0 Å². The smallest absolute Gasteiger partial charge is 0.165 e. The first kappa shape index (κ1) is 11.0. The monoisotopic (exact) mass is 237 g/mol. The van der Waals surface area contributed by atoms with E-state index in [9.17, 15) is 4.39 Å². The lowest BCUT2D eigenvalue weighted by Crippen LogP contribution is -1.89. The Morgan fingerprint density at radius 1 is 1.31 bits per heavy atom. The average molecular weight is 237 g/mol. The lowest BCUT2D eigenvalue weighted by molar-refractivity contribution is 0.386. The fourth-order valence-corrected chi connectivity index (χ4v) is 2.40. The molecule has 0 unspecified atom stereocenters. The van der Waals surface area contributed by atoms with E-state index in [2.05, 4.69) is 0 Å². The van der Waals surface area contributed by atoms with Gasteiger partial charge in [-0.25, -0.2) is 4.39 Å². The summed E-state index contributed by atoms with van der Waals surface area (Å²) >= 11 is 1.50. The van der Waals surface area contributed by atoms with E-state index in [1.807, 2.05) is 13.0 Å². The molecule has 0 radical (unpaired) electrons. The second-order valence-corrected chi connectivity index (χ2v) is 4.77. The van der Waals surface area contributed by atoms with Crippen LogP contribution in [-0.4, -0.2) is 7.11 Å². The summed E-state index contributed by atoms with van der Waals surface area (Å²) in [5, 5.41) is 0.710. The summed E-state index contributed by atoms with van der Waals surface area (Å²) in [5.41, 5.74) is 7.52. The fraction of sp³-hybridized carbons (Fsp3) is 0.167. The summed E-state index contributed by atoms with van der Waals surface area (Å²) in [4.78, 5) is 1.11. The zero-order chi connectivity index (χ0) is 11.7. The van der Waals surface area contributed by atoms with Crippen LogP contribution in [0.3, 0.4) is 0 Å². The molecule has 0 amide bonds. The lowest BCUT2D eigenvalue weighted by Gasteiger charge is -2.04. The molecule has 0 saturated carbocycles. The van der Waals surface area contributed by atoms with Crippen molar-refractivity contribution in [1.29, 1.82) is 0 Å². The number of halogens is 1. The highest BCUT2D eigenvalue weighted by Crippen LogP contribution is 2.35. The predicted octanol–water partition coefficient (Wildman–Crippen LogP) is 3.45. The molecule has 0 aliphatic rings. The zero-order valence-corrected chi connectivity index (χ0v) is 9.90. The van der Waals surface area contributed by atoms with Gasteiger partial charge in [0, 0.05) is 10.4 Å². The topological polar surface area (TPSA) is 35.2 Å². The number of nitrogen functional groups attached to an aromatic ring is 1. The molecule has 2 N–H and O–H groups in total. The van der Waals surface area contributed by atoms with Gasteiger partial charge in [0.15, 0.2) is 11.6 Å². The second kappa shape index (κ2) is 4.14. The van der Waals surface area contributed by atoms with Gasteiger partial charge in [0.05, 0.1) is 12.1 Å². The van der Waals surface area contributed by atoms with E-state index in [1.165, 1.54) is 24.5 Å². The number of thiophene rings is 1. The van der Waals surface area contributed by atoms with Crippen molar-refractivity contribution in [2.45, 2.75) is 6.92 Å². The Morgan fingerprint density at radius 2 is 2.06 bits per heavy atom. The standard InChI is InChI=1S/C12H12FNOS/c1-7-5-9(12(14)16-7)8-3-4-11(15-2)10(13)6-8/h3-6H,14H2,1-2H3. The van der Waals surface area contributed by atoms with E-state index in [0.29, 0.717) is 5.00 Å². The molecule has 0 aliphatic carbocycles. The van der Waals surface area contributed by atoms with Gasteiger partial charge in [0.2, 0.25) is 0 Å². The van der Waals surface area contributed by atoms with Gasteiger partial charge >= 0.3 is 0 Å². The summed E-state index contributed by atoms with van der Waals surface area (Å²) in [7, 11) is 1.45. The summed E-state index contributed by atoms with van der Waals surface area (Å²) < 4.78 is 18.4. The maximum absolute atomic E-state index is 13.5. The number of rotatable bonds is 2. The first-order chi connectivity index (χ1) is 7.61. The third-order valence-electron chi connectivity index (χ3n) is 2.35. The SMILES string of the molecule is COc1ccc(-c2cc(C)sc2N)cc1F. The van der Waals surface area contributed by atoms with E-state index < -0.39 is 0 Å². The van der Waals surface area contributed by atoms with Crippen molar-refractivity contribution < 1.29 is 9.13 Å². The molecule has 0 spiro atoms. The van der Waals surface area contributed by atoms with Crippen LogP contribution in [-0.2, 0) is 0 Å². The van der Waals surface area contributed by atoms with E-state index >= 15 is 0 Å². The maximum atomic E-state index is 13.5. The van der Waals surface area contributed by atoms with Gasteiger partial charge in [0.1, 0.15) is 0 Å². The highest BCUT2D eigenvalue weighted by molar-refractivity contribution is 7.16. The molecule has 2 rings (SSSR count). The average Bonchev–Trinajstić information content (AvgIpc) is 2.58. The largest absolute Gasteiger partial charge is 0.494 e. The number of methoxy groups -OCH3 is 1. The molecule has 0 bridgehead atoms. The molecule has 0 aliphatic heterocycles. The number of benzene rings is 1. The van der Waals surface area contributed by atoms with E-state index in [-0.39, 0.29) is 11.6 Å². The predicted molar refractivity (Wildman–Crippen MR) is 65.4 cm³/mol. The third-order valence-corrected chi connectivity index (χ3v) is 3.23. The van der Waals surface area contributed by atoms with Crippen LogP contribution in [0.15, 0.2) is 24.3 Å². The fourth-order valence-electron chi connectivity index (χ4n) is 1.59. The Balaban J connectivity index is 2.49. The quantitative estimate of drug-likeness (QED) is 0.868. The minimum absolute atomic E-state index is 0.245. The summed E-state index contributed by atoms with van der Waals surface area (Å²) in [5.74, 6) is -0.127. The molecule has 4 heteroatoms. The second-order valence-electron chi connectivity index (χ2n) is 3.48. The van der Waals surface area contributed by atoms with E-state index in [4.69, 9.17) is 10.5 Å². The van der Waals surface area contributed by atoms with Gasteiger partial charge in [-0.3, -0.25) is 0 Å². The highest BCUT2D eigenvalue weighted by atomic mass is 32.1. The Labute approximate surface area is 97.5 Å². The molecule has 16 heavy (non-hydrogen) atoms. The van der Waals surface area contributed by atoms with Crippen LogP contribution in [0.25, 0.3) is 11.1 Å². The number of aryl methyl sites for hydroxylation is 1. The first-order valence-corrected chi connectivity index (χ1v) is 5.63. The van der Waals surface area contributed by atoms with Crippen LogP contribution in [0.2, 0.25) is 0 Å². The molecule has 1 aromatic heterocycles. The van der Waals surface area contributed by atoms with E-state index in [0.717, 1.165) is 16.0 Å². The van der Waals surface area contributed by atoms with Gasteiger partial charge < -0.3 is 10.5 Å². The molecular formula is C12H12FNOS. The van der Waals surface area contributed by atoms with Crippen molar-refractivity contribution in [3.05, 3.63) is 35.0 Å². The number of hydrogen-bond acceptors (Lipinski definition) is 3. The van der Waals surface area contributed by atoms with Crippen LogP contribution in [0.1, 0.15) is 4.88 Å². The molecule has 2 aromatic rings. The number of hydrogen-bond donors (Lipinski definition) is 1. The van der Waals surface area contributed by atoms with Crippen LogP contribution in [0.4, 0.5) is 9.39 Å². The van der Waals surface area contributed by atoms with Crippen LogP contribution in [0, 0.1) is 12.7 Å². The van der Waals surface area contributed by atoms with Crippen molar-refractivity contribution in [2.75, 3.05) is 12.8 Å². The first-order valence-electron chi connectivity index (χ1n) is 4.81. The van der Waals surface area contributed by atoms with E-state index in [1.54, 1.807) is 12.1 Å². The third kappa shape index (κ3) is 1.88. The Bertz CT molecular complexity index is 522. The molecule has 0 fully saturated rings. The Morgan fingerprint density at radius 3 is 2.56 bits per heavy atom. The summed E-state index contributed by atoms with van der Waals surface area (Å²) in [6, 6.07) is 6.81. The van der Waals surface area contributed by atoms with Crippen molar-refractivity contribution in [2.24, 2.45) is 0 Å². The van der Waals surface area contributed by atoms with Crippen LogP contribution >= 0.6 is 11.3 Å². The minimum atomic E-state index is -0.372. The Hall–Kier alpha value is -1.55. The highest BCUT2D eigenvalue weighted by Gasteiger charge is 2.09. The molecular weight excluding hydrogens is 225 g/mol. The summed E-state index contributed by atoms with van der Waals surface area (Å²) in [6.07, 6.45) is 0.